The van der Waals surface area contributed by atoms with Gasteiger partial charge in [0.2, 0.25) is 0 Å². The second-order valence-electron chi connectivity index (χ2n) is 3.62. The summed E-state index contributed by atoms with van der Waals surface area (Å²) >= 11 is 3.18. The minimum atomic E-state index is -0.338. The van der Waals surface area contributed by atoms with Crippen LogP contribution in [0.3, 0.4) is 0 Å². The van der Waals surface area contributed by atoms with Crippen LogP contribution in [0.5, 0.6) is 0 Å². The van der Waals surface area contributed by atoms with Crippen molar-refractivity contribution in [1.29, 1.82) is 0 Å². The Labute approximate surface area is 102 Å². The normalized spacial score (nSPS) is 21.2. The van der Waals surface area contributed by atoms with Gasteiger partial charge in [0.15, 0.2) is 11.6 Å². The van der Waals surface area contributed by atoms with Gasteiger partial charge in [0.1, 0.15) is 0 Å². The molecule has 0 aromatic carbocycles. The molecule has 4 nitrogen and oxygen atoms in total. The topological polar surface area (TPSA) is 51.4 Å². The van der Waals surface area contributed by atoms with Gasteiger partial charge in [0.05, 0.1) is 19.3 Å². The molecule has 0 radical (unpaired) electrons. The van der Waals surface area contributed by atoms with Crippen molar-refractivity contribution in [3.05, 3.63) is 22.6 Å². The van der Waals surface area contributed by atoms with Crippen LogP contribution in [0.4, 0.5) is 10.2 Å². The van der Waals surface area contributed by atoms with Crippen molar-refractivity contribution >= 4 is 21.7 Å². The average Bonchev–Trinajstić information content (AvgIpc) is 2.29. The number of nitrogens with zero attached hydrogens (tertiary/aromatic N) is 2. The molecule has 1 aromatic rings. The summed E-state index contributed by atoms with van der Waals surface area (Å²) in [4.78, 5) is 5.96. The molecule has 2 heterocycles. The first-order chi connectivity index (χ1) is 7.72. The molecule has 2 N–H and O–H groups in total. The highest BCUT2D eigenvalue weighted by Gasteiger charge is 2.25. The Morgan fingerprint density at radius 3 is 3.19 bits per heavy atom. The van der Waals surface area contributed by atoms with E-state index in [4.69, 9.17) is 10.5 Å². The van der Waals surface area contributed by atoms with Gasteiger partial charge in [-0.05, 0) is 22.0 Å². The van der Waals surface area contributed by atoms with E-state index in [1.807, 2.05) is 4.90 Å². The third-order valence-electron chi connectivity index (χ3n) is 2.56. The molecule has 1 aliphatic heterocycles. The maximum absolute atomic E-state index is 13.7. The van der Waals surface area contributed by atoms with E-state index in [1.165, 1.54) is 6.07 Å². The highest BCUT2D eigenvalue weighted by atomic mass is 79.9. The molecule has 1 aromatic heterocycles. The van der Waals surface area contributed by atoms with E-state index >= 15 is 0 Å². The van der Waals surface area contributed by atoms with E-state index in [-0.39, 0.29) is 11.9 Å². The number of nitrogens with two attached hydrogens (primary N) is 1. The van der Waals surface area contributed by atoms with E-state index in [2.05, 4.69) is 20.9 Å². The van der Waals surface area contributed by atoms with E-state index in [1.54, 1.807) is 6.20 Å². The van der Waals surface area contributed by atoms with Crippen LogP contribution in [-0.4, -0.2) is 37.3 Å². The largest absolute Gasteiger partial charge is 0.377 e. The molecule has 0 amide bonds. The van der Waals surface area contributed by atoms with Gasteiger partial charge in [0, 0.05) is 23.8 Å². The molecule has 88 valence electrons. The summed E-state index contributed by atoms with van der Waals surface area (Å²) in [5.41, 5.74) is 5.63. The molecule has 1 saturated heterocycles. The molecule has 0 spiro atoms. The summed E-state index contributed by atoms with van der Waals surface area (Å²) in [6.07, 6.45) is 1.58. The average molecular weight is 290 g/mol. The predicted octanol–water partition coefficient (Wildman–Crippen LogP) is 1.15. The third kappa shape index (κ3) is 2.34. The summed E-state index contributed by atoms with van der Waals surface area (Å²) in [6, 6.07) is 1.41. The number of anilines is 1. The molecule has 6 heteroatoms. The summed E-state index contributed by atoms with van der Waals surface area (Å²) in [5, 5.41) is 0. The second-order valence-corrected chi connectivity index (χ2v) is 4.53. The second kappa shape index (κ2) is 5.07. The number of hydrogen-bond donors (Lipinski definition) is 1. The van der Waals surface area contributed by atoms with Gasteiger partial charge in [-0.15, -0.1) is 0 Å². The lowest BCUT2D eigenvalue weighted by Crippen LogP contribution is -2.50. The summed E-state index contributed by atoms with van der Waals surface area (Å²) in [5.74, 6) is 0.0108. The molecular weight excluding hydrogens is 277 g/mol. The zero-order valence-corrected chi connectivity index (χ0v) is 10.3. The quantitative estimate of drug-likeness (QED) is 0.887. The SMILES string of the molecule is NCC1COCCN1c1ncc(Br)cc1F. The fourth-order valence-electron chi connectivity index (χ4n) is 1.75. The van der Waals surface area contributed by atoms with Crippen molar-refractivity contribution in [3.8, 4) is 0 Å². The van der Waals surface area contributed by atoms with Crippen molar-refractivity contribution in [1.82, 2.24) is 4.98 Å². The van der Waals surface area contributed by atoms with Crippen LogP contribution in [0.2, 0.25) is 0 Å². The van der Waals surface area contributed by atoms with E-state index in [0.717, 1.165) is 0 Å². The standard InChI is InChI=1S/C10H13BrFN3O/c11-7-3-9(12)10(14-5-7)15-1-2-16-6-8(15)4-13/h3,5,8H,1-2,4,6,13H2. The number of morpholine rings is 1. The first-order valence-electron chi connectivity index (χ1n) is 5.08. The Morgan fingerprint density at radius 1 is 1.69 bits per heavy atom. The first kappa shape index (κ1) is 11.8. The van der Waals surface area contributed by atoms with Gasteiger partial charge >= 0.3 is 0 Å². The van der Waals surface area contributed by atoms with Crippen molar-refractivity contribution in [2.75, 3.05) is 31.2 Å². The van der Waals surface area contributed by atoms with Crippen molar-refractivity contribution < 1.29 is 9.13 Å². The van der Waals surface area contributed by atoms with Crippen molar-refractivity contribution in [3.63, 3.8) is 0 Å². The van der Waals surface area contributed by atoms with Crippen LogP contribution >= 0.6 is 15.9 Å². The van der Waals surface area contributed by atoms with Crippen molar-refractivity contribution in [2.45, 2.75) is 6.04 Å². The van der Waals surface area contributed by atoms with Crippen LogP contribution < -0.4 is 10.6 Å². The fourth-order valence-corrected chi connectivity index (χ4v) is 2.05. The van der Waals surface area contributed by atoms with Gasteiger partial charge in [-0.3, -0.25) is 0 Å². The van der Waals surface area contributed by atoms with Crippen LogP contribution in [0.15, 0.2) is 16.7 Å². The number of aromatic nitrogens is 1. The summed E-state index contributed by atoms with van der Waals surface area (Å²) in [6.45, 7) is 2.14. The number of hydrogen-bond acceptors (Lipinski definition) is 4. The monoisotopic (exact) mass is 289 g/mol. The molecule has 0 aliphatic carbocycles. The van der Waals surface area contributed by atoms with E-state index < -0.39 is 0 Å². The van der Waals surface area contributed by atoms with Gasteiger partial charge in [-0.25, -0.2) is 9.37 Å². The Bertz CT molecular complexity index is 377. The lowest BCUT2D eigenvalue weighted by Gasteiger charge is -2.35. The van der Waals surface area contributed by atoms with E-state index in [9.17, 15) is 4.39 Å². The van der Waals surface area contributed by atoms with Gasteiger partial charge in [-0.2, -0.15) is 0 Å². The number of ether oxygens (including phenoxy) is 1. The molecule has 1 atom stereocenters. The van der Waals surface area contributed by atoms with Gasteiger partial charge in [-0.1, -0.05) is 0 Å². The van der Waals surface area contributed by atoms with Crippen LogP contribution in [0.1, 0.15) is 0 Å². The summed E-state index contributed by atoms with van der Waals surface area (Å²) in [7, 11) is 0. The molecular formula is C10H13BrFN3O. The maximum atomic E-state index is 13.7. The highest BCUT2D eigenvalue weighted by Crippen LogP contribution is 2.22. The molecule has 1 fully saturated rings. The molecule has 1 aliphatic rings. The minimum Gasteiger partial charge on any atom is -0.377 e. The number of pyridine rings is 1. The Morgan fingerprint density at radius 2 is 2.50 bits per heavy atom. The molecule has 16 heavy (non-hydrogen) atoms. The Hall–Kier alpha value is -0.720. The molecule has 1 unspecified atom stereocenters. The number of rotatable bonds is 2. The molecule has 0 saturated carbocycles. The fraction of sp³-hybridized carbons (Fsp3) is 0.500. The van der Waals surface area contributed by atoms with E-state index in [0.29, 0.717) is 36.6 Å². The van der Waals surface area contributed by atoms with Crippen LogP contribution in [-0.2, 0) is 4.74 Å². The zero-order valence-electron chi connectivity index (χ0n) is 8.70. The third-order valence-corrected chi connectivity index (χ3v) is 2.99. The highest BCUT2D eigenvalue weighted by molar-refractivity contribution is 9.10. The smallest absolute Gasteiger partial charge is 0.166 e. The van der Waals surface area contributed by atoms with Crippen LogP contribution in [0.25, 0.3) is 0 Å². The van der Waals surface area contributed by atoms with Crippen LogP contribution in [0, 0.1) is 5.82 Å². The molecule has 0 bridgehead atoms. The maximum Gasteiger partial charge on any atom is 0.166 e. The summed E-state index contributed by atoms with van der Waals surface area (Å²) < 4.78 is 19.7. The first-order valence-corrected chi connectivity index (χ1v) is 5.87. The predicted molar refractivity (Wildman–Crippen MR) is 62.9 cm³/mol. The minimum absolute atomic E-state index is 0.00285. The van der Waals surface area contributed by atoms with Crippen molar-refractivity contribution in [2.24, 2.45) is 5.73 Å². The lowest BCUT2D eigenvalue weighted by molar-refractivity contribution is 0.0954. The Balaban J connectivity index is 2.27. The van der Waals surface area contributed by atoms with Gasteiger partial charge in [0.25, 0.3) is 0 Å². The zero-order chi connectivity index (χ0) is 11.5. The Kier molecular flexibility index (Phi) is 3.73. The van der Waals surface area contributed by atoms with Gasteiger partial charge < -0.3 is 15.4 Å². The molecule has 2 rings (SSSR count). The lowest BCUT2D eigenvalue weighted by atomic mass is 10.2. The number of halogens is 2.